The van der Waals surface area contributed by atoms with E-state index in [4.69, 9.17) is 4.74 Å². The zero-order valence-corrected chi connectivity index (χ0v) is 15.7. The Balaban J connectivity index is 0.00000242. The molecule has 4 unspecified atom stereocenters. The molecule has 1 aliphatic heterocycles. The molecular formula is C18H36ClNO2. The van der Waals surface area contributed by atoms with Gasteiger partial charge in [0.25, 0.3) is 0 Å². The average molecular weight is 334 g/mol. The number of likely N-dealkylation sites (tertiary alicyclic amines) is 1. The van der Waals surface area contributed by atoms with Crippen LogP contribution in [-0.2, 0) is 4.74 Å². The summed E-state index contributed by atoms with van der Waals surface area (Å²) < 4.78 is 6.05. The van der Waals surface area contributed by atoms with Gasteiger partial charge in [-0.25, -0.2) is 0 Å². The Labute approximate surface area is 143 Å². The van der Waals surface area contributed by atoms with E-state index in [1.165, 1.54) is 25.7 Å². The molecular weight excluding hydrogens is 298 g/mol. The van der Waals surface area contributed by atoms with Crippen molar-refractivity contribution in [2.45, 2.75) is 84.5 Å². The number of piperidine rings is 1. The third-order valence-corrected chi connectivity index (χ3v) is 5.26. The van der Waals surface area contributed by atoms with E-state index in [1.807, 2.05) is 0 Å². The van der Waals surface area contributed by atoms with E-state index in [2.05, 4.69) is 32.6 Å². The van der Waals surface area contributed by atoms with Crippen molar-refractivity contribution in [2.24, 2.45) is 11.3 Å². The van der Waals surface area contributed by atoms with Crippen molar-refractivity contribution in [3.63, 3.8) is 0 Å². The number of aliphatic hydroxyl groups is 1. The molecule has 0 spiro atoms. The first kappa shape index (κ1) is 20.2. The lowest BCUT2D eigenvalue weighted by Gasteiger charge is -2.39. The van der Waals surface area contributed by atoms with Gasteiger partial charge in [0.05, 0.1) is 18.8 Å². The van der Waals surface area contributed by atoms with Crippen LogP contribution in [0.2, 0.25) is 0 Å². The lowest BCUT2D eigenvalue weighted by molar-refractivity contribution is -0.0645. The predicted molar refractivity (Wildman–Crippen MR) is 94.7 cm³/mol. The van der Waals surface area contributed by atoms with Crippen molar-refractivity contribution >= 4 is 12.4 Å². The molecule has 0 radical (unpaired) electrons. The highest BCUT2D eigenvalue weighted by Crippen LogP contribution is 2.39. The number of hydrogen-bond donors (Lipinski definition) is 1. The number of hydrogen-bond acceptors (Lipinski definition) is 3. The summed E-state index contributed by atoms with van der Waals surface area (Å²) >= 11 is 0. The van der Waals surface area contributed by atoms with Crippen LogP contribution < -0.4 is 0 Å². The maximum Gasteiger partial charge on any atom is 0.0900 e. The quantitative estimate of drug-likeness (QED) is 0.828. The van der Waals surface area contributed by atoms with Crippen LogP contribution in [0.5, 0.6) is 0 Å². The summed E-state index contributed by atoms with van der Waals surface area (Å²) in [5.41, 5.74) is 0.384. The summed E-state index contributed by atoms with van der Waals surface area (Å²) in [6.07, 6.45) is 7.43. The number of halogens is 1. The maximum absolute atomic E-state index is 10.3. The fourth-order valence-electron chi connectivity index (χ4n) is 4.38. The number of aliphatic hydroxyl groups excluding tert-OH is 1. The molecule has 2 rings (SSSR count). The minimum absolute atomic E-state index is 0. The zero-order chi connectivity index (χ0) is 15.5. The predicted octanol–water partition coefficient (Wildman–Crippen LogP) is 3.87. The van der Waals surface area contributed by atoms with Gasteiger partial charge in [-0.2, -0.15) is 0 Å². The van der Waals surface area contributed by atoms with Crippen molar-refractivity contribution in [1.29, 1.82) is 0 Å². The van der Waals surface area contributed by atoms with Gasteiger partial charge in [0.1, 0.15) is 0 Å². The normalized spacial score (nSPS) is 34.0. The van der Waals surface area contributed by atoms with E-state index >= 15 is 0 Å². The van der Waals surface area contributed by atoms with Gasteiger partial charge >= 0.3 is 0 Å². The summed E-state index contributed by atoms with van der Waals surface area (Å²) in [6, 6.07) is 0.613. The van der Waals surface area contributed by atoms with Crippen molar-refractivity contribution < 1.29 is 9.84 Å². The second-order valence-corrected chi connectivity index (χ2v) is 8.36. The largest absolute Gasteiger partial charge is 0.389 e. The Morgan fingerprint density at radius 3 is 2.59 bits per heavy atom. The molecule has 0 bridgehead atoms. The second kappa shape index (κ2) is 8.86. The maximum atomic E-state index is 10.3. The van der Waals surface area contributed by atoms with Crippen LogP contribution in [-0.4, -0.2) is 48.0 Å². The molecule has 0 amide bonds. The highest BCUT2D eigenvalue weighted by atomic mass is 35.5. The molecule has 1 N–H and O–H groups in total. The number of ether oxygens (including phenoxy) is 1. The second-order valence-electron chi connectivity index (χ2n) is 8.36. The smallest absolute Gasteiger partial charge is 0.0900 e. The van der Waals surface area contributed by atoms with Crippen LogP contribution >= 0.6 is 12.4 Å². The highest BCUT2D eigenvalue weighted by molar-refractivity contribution is 5.85. The van der Waals surface area contributed by atoms with E-state index in [0.717, 1.165) is 31.8 Å². The van der Waals surface area contributed by atoms with Crippen LogP contribution in [0.25, 0.3) is 0 Å². The molecule has 1 aliphatic carbocycles. The first-order valence-corrected chi connectivity index (χ1v) is 8.89. The average Bonchev–Trinajstić information content (AvgIpc) is 2.37. The van der Waals surface area contributed by atoms with Crippen molar-refractivity contribution in [1.82, 2.24) is 4.90 Å². The van der Waals surface area contributed by atoms with E-state index < -0.39 is 0 Å². The van der Waals surface area contributed by atoms with Crippen LogP contribution in [0.4, 0.5) is 0 Å². The minimum atomic E-state index is -0.342. The number of rotatable bonds is 5. The minimum Gasteiger partial charge on any atom is -0.389 e. The molecule has 132 valence electrons. The van der Waals surface area contributed by atoms with E-state index in [0.29, 0.717) is 24.2 Å². The summed E-state index contributed by atoms with van der Waals surface area (Å²) in [5, 5.41) is 10.3. The summed E-state index contributed by atoms with van der Waals surface area (Å²) in [6.45, 7) is 11.7. The molecule has 1 heterocycles. The standard InChI is InChI=1S/C18H35NO2.ClH/c1-14-9-17(11-18(3,4)10-14)21-13-16(20)12-19-8-6-5-7-15(19)2;/h14-17,20H,5-13H2,1-4H3;1H. The van der Waals surface area contributed by atoms with Crippen LogP contribution in [0, 0.1) is 11.3 Å². The molecule has 22 heavy (non-hydrogen) atoms. The fourth-order valence-corrected chi connectivity index (χ4v) is 4.38. The van der Waals surface area contributed by atoms with Crippen molar-refractivity contribution in [3.05, 3.63) is 0 Å². The molecule has 4 heteroatoms. The lowest BCUT2D eigenvalue weighted by Crippen LogP contribution is -2.44. The monoisotopic (exact) mass is 333 g/mol. The molecule has 4 atom stereocenters. The van der Waals surface area contributed by atoms with Crippen LogP contribution in [0.1, 0.15) is 66.2 Å². The zero-order valence-electron chi connectivity index (χ0n) is 14.9. The number of β-amino-alcohol motifs (C(OH)–C–C–N with tert-alkyl or cyclic N) is 1. The van der Waals surface area contributed by atoms with Crippen LogP contribution in [0.15, 0.2) is 0 Å². The van der Waals surface area contributed by atoms with Gasteiger partial charge in [-0.05, 0) is 56.9 Å². The lowest BCUT2D eigenvalue weighted by atomic mass is 9.71. The van der Waals surface area contributed by atoms with Gasteiger partial charge in [-0.1, -0.05) is 27.2 Å². The fraction of sp³-hybridized carbons (Fsp3) is 1.00. The summed E-state index contributed by atoms with van der Waals surface area (Å²) in [7, 11) is 0. The topological polar surface area (TPSA) is 32.7 Å². The Bertz CT molecular complexity index is 324. The molecule has 0 aromatic carbocycles. The Hall–Kier alpha value is 0.170. The van der Waals surface area contributed by atoms with Gasteiger partial charge in [0, 0.05) is 12.6 Å². The molecule has 2 fully saturated rings. The van der Waals surface area contributed by atoms with Gasteiger partial charge in [-0.3, -0.25) is 4.90 Å². The molecule has 1 saturated carbocycles. The Kier molecular flexibility index (Phi) is 8.15. The van der Waals surface area contributed by atoms with E-state index in [9.17, 15) is 5.11 Å². The Morgan fingerprint density at radius 1 is 1.23 bits per heavy atom. The van der Waals surface area contributed by atoms with Gasteiger partial charge < -0.3 is 9.84 Å². The molecule has 0 aromatic heterocycles. The van der Waals surface area contributed by atoms with Gasteiger partial charge in [0.15, 0.2) is 0 Å². The van der Waals surface area contributed by atoms with Crippen molar-refractivity contribution in [3.8, 4) is 0 Å². The van der Waals surface area contributed by atoms with Gasteiger partial charge in [-0.15, -0.1) is 12.4 Å². The van der Waals surface area contributed by atoms with Gasteiger partial charge in [0.2, 0.25) is 0 Å². The summed E-state index contributed by atoms with van der Waals surface area (Å²) in [5.74, 6) is 0.734. The molecule has 2 aliphatic rings. The molecule has 3 nitrogen and oxygen atoms in total. The van der Waals surface area contributed by atoms with E-state index in [-0.39, 0.29) is 18.5 Å². The SMILES string of the molecule is CC1CC(OCC(O)CN2CCCCC2C)CC(C)(C)C1.Cl. The molecule has 0 aromatic rings. The molecule has 1 saturated heterocycles. The number of nitrogens with zero attached hydrogens (tertiary/aromatic N) is 1. The third-order valence-electron chi connectivity index (χ3n) is 5.26. The first-order valence-electron chi connectivity index (χ1n) is 8.89. The Morgan fingerprint density at radius 2 is 1.95 bits per heavy atom. The first-order chi connectivity index (χ1) is 9.85. The third kappa shape index (κ3) is 6.35. The van der Waals surface area contributed by atoms with Crippen molar-refractivity contribution in [2.75, 3.05) is 19.7 Å². The highest BCUT2D eigenvalue weighted by Gasteiger charge is 2.33. The van der Waals surface area contributed by atoms with E-state index in [1.54, 1.807) is 0 Å². The van der Waals surface area contributed by atoms with Crippen LogP contribution in [0.3, 0.4) is 0 Å². The summed E-state index contributed by atoms with van der Waals surface area (Å²) in [4.78, 5) is 2.42.